The first-order chi connectivity index (χ1) is 12.2. The van der Waals surface area contributed by atoms with Crippen LogP contribution in [0.1, 0.15) is 30.9 Å². The van der Waals surface area contributed by atoms with E-state index in [0.717, 1.165) is 20.5 Å². The Kier molecular flexibility index (Phi) is 4.18. The Hall–Kier alpha value is -2.95. The third kappa shape index (κ3) is 2.35. The maximum absolute atomic E-state index is 13.1. The lowest BCUT2D eigenvalue weighted by atomic mass is 10.3. The predicted molar refractivity (Wildman–Crippen MR) is 96.5 cm³/mol. The highest BCUT2D eigenvalue weighted by Crippen LogP contribution is 2.23. The second-order valence-corrected chi connectivity index (χ2v) is 7.10. The van der Waals surface area contributed by atoms with Crippen LogP contribution in [0.4, 0.5) is 0 Å². The van der Waals surface area contributed by atoms with E-state index in [1.165, 1.54) is 29.4 Å². The molecule has 1 unspecified atom stereocenters. The maximum atomic E-state index is 13.1. The van der Waals surface area contributed by atoms with Crippen molar-refractivity contribution < 1.29 is 4.79 Å². The van der Waals surface area contributed by atoms with Gasteiger partial charge in [0.1, 0.15) is 5.01 Å². The number of nitrogens with two attached hydrogens (primary N) is 1. The zero-order valence-corrected chi connectivity index (χ0v) is 15.5. The van der Waals surface area contributed by atoms with Gasteiger partial charge < -0.3 is 5.73 Å². The third-order valence-electron chi connectivity index (χ3n) is 4.22. The van der Waals surface area contributed by atoms with Gasteiger partial charge in [-0.2, -0.15) is 0 Å². The molecular weight excluding hydrogens is 360 g/mol. The van der Waals surface area contributed by atoms with Gasteiger partial charge >= 0.3 is 11.4 Å². The largest absolute Gasteiger partial charge is 0.367 e. The van der Waals surface area contributed by atoms with Gasteiger partial charge in [0.25, 0.3) is 5.56 Å². The lowest BCUT2D eigenvalue weighted by Gasteiger charge is -2.12. The van der Waals surface area contributed by atoms with Crippen molar-refractivity contribution >= 4 is 28.4 Å². The van der Waals surface area contributed by atoms with Crippen molar-refractivity contribution in [3.05, 3.63) is 47.9 Å². The number of rotatable bonds is 4. The maximum Gasteiger partial charge on any atom is 0.332 e. The molecule has 11 heteroatoms. The molecule has 3 aromatic heterocycles. The van der Waals surface area contributed by atoms with Crippen LogP contribution in [-0.2, 0) is 18.9 Å². The third-order valence-corrected chi connectivity index (χ3v) is 5.05. The summed E-state index contributed by atoms with van der Waals surface area (Å²) in [4.78, 5) is 54.5. The number of primary amides is 1. The van der Waals surface area contributed by atoms with Crippen molar-refractivity contribution in [1.82, 2.24) is 23.3 Å². The Balaban J connectivity index is 2.61. The van der Waals surface area contributed by atoms with Gasteiger partial charge in [0.2, 0.25) is 5.91 Å². The average Bonchev–Trinajstić information content (AvgIpc) is 3.18. The molecule has 26 heavy (non-hydrogen) atoms. The molecule has 0 bridgehead atoms. The molecule has 3 heterocycles. The number of aryl methyl sites for hydroxylation is 1. The van der Waals surface area contributed by atoms with Gasteiger partial charge in [-0.1, -0.05) is 0 Å². The van der Waals surface area contributed by atoms with E-state index >= 15 is 0 Å². The summed E-state index contributed by atoms with van der Waals surface area (Å²) in [5.41, 5.74) is 3.77. The van der Waals surface area contributed by atoms with Gasteiger partial charge in [0.15, 0.2) is 17.2 Å². The smallest absolute Gasteiger partial charge is 0.332 e. The molecule has 1 atom stereocenters. The summed E-state index contributed by atoms with van der Waals surface area (Å²) >= 11 is 1.15. The number of carbonyl (C=O) groups excluding carboxylic acids is 1. The first-order valence-corrected chi connectivity index (χ1v) is 8.67. The van der Waals surface area contributed by atoms with Crippen molar-refractivity contribution in [2.45, 2.75) is 25.9 Å². The SMILES string of the molecule is CC(C)n1c(=O)n(C(C(N)=O)c2nccs2)c2c(=O)n(C)c(=O)n(C)c21. The fourth-order valence-corrected chi connectivity index (χ4v) is 3.77. The lowest BCUT2D eigenvalue weighted by Crippen LogP contribution is -2.39. The van der Waals surface area contributed by atoms with Crippen LogP contribution in [0.25, 0.3) is 11.2 Å². The molecule has 138 valence electrons. The average molecular weight is 378 g/mol. The van der Waals surface area contributed by atoms with Gasteiger partial charge in [0.05, 0.1) is 0 Å². The second-order valence-electron chi connectivity index (χ2n) is 6.17. The van der Waals surface area contributed by atoms with Gasteiger partial charge in [-0.15, -0.1) is 11.3 Å². The Morgan fingerprint density at radius 1 is 1.12 bits per heavy atom. The number of fused-ring (bicyclic) bond motifs is 1. The molecule has 0 saturated heterocycles. The molecule has 0 aliphatic rings. The number of aromatic nitrogens is 5. The molecule has 0 spiro atoms. The Morgan fingerprint density at radius 3 is 2.27 bits per heavy atom. The van der Waals surface area contributed by atoms with Crippen LogP contribution in [-0.4, -0.2) is 29.2 Å². The Labute approximate surface area is 150 Å². The Bertz CT molecular complexity index is 1180. The molecule has 0 saturated carbocycles. The zero-order chi connectivity index (χ0) is 19.3. The van der Waals surface area contributed by atoms with E-state index in [4.69, 9.17) is 5.73 Å². The number of amides is 1. The molecule has 3 aromatic rings. The van der Waals surface area contributed by atoms with Crippen molar-refractivity contribution in [3.63, 3.8) is 0 Å². The zero-order valence-electron chi connectivity index (χ0n) is 14.7. The normalized spacial score (nSPS) is 12.8. The molecule has 0 aliphatic heterocycles. The molecular formula is C15H18N6O4S. The highest BCUT2D eigenvalue weighted by Gasteiger charge is 2.32. The van der Waals surface area contributed by atoms with E-state index in [1.54, 1.807) is 19.2 Å². The van der Waals surface area contributed by atoms with Crippen LogP contribution in [0.3, 0.4) is 0 Å². The first kappa shape index (κ1) is 17.9. The number of carbonyl (C=O) groups is 1. The van der Waals surface area contributed by atoms with Crippen molar-refractivity contribution in [1.29, 1.82) is 0 Å². The molecule has 3 rings (SSSR count). The van der Waals surface area contributed by atoms with Gasteiger partial charge in [-0.05, 0) is 13.8 Å². The molecule has 0 fully saturated rings. The summed E-state index contributed by atoms with van der Waals surface area (Å²) in [7, 11) is 2.78. The summed E-state index contributed by atoms with van der Waals surface area (Å²) in [5, 5.41) is 1.93. The molecule has 10 nitrogen and oxygen atoms in total. The van der Waals surface area contributed by atoms with Crippen LogP contribution in [0.15, 0.2) is 26.0 Å². The standard InChI is InChI=1S/C15H18N6O4S/c1-7(2)20-12-9(13(23)19(4)14(24)18(12)3)21(15(20)25)8(10(16)22)11-17-5-6-26-11/h5-8H,1-4H3,(H2,16,22). The molecule has 2 N–H and O–H groups in total. The number of imidazole rings is 1. The molecule has 0 radical (unpaired) electrons. The predicted octanol–water partition coefficient (Wildman–Crippen LogP) is -0.687. The second kappa shape index (κ2) is 6.09. The van der Waals surface area contributed by atoms with Crippen molar-refractivity contribution in [2.75, 3.05) is 0 Å². The molecule has 0 aromatic carbocycles. The topological polar surface area (TPSA) is 127 Å². The van der Waals surface area contributed by atoms with Gasteiger partial charge in [0, 0.05) is 31.7 Å². The highest BCUT2D eigenvalue weighted by molar-refractivity contribution is 7.09. The van der Waals surface area contributed by atoms with Crippen LogP contribution in [0.2, 0.25) is 0 Å². The monoisotopic (exact) mass is 378 g/mol. The van der Waals surface area contributed by atoms with Crippen LogP contribution in [0.5, 0.6) is 0 Å². The van der Waals surface area contributed by atoms with Crippen molar-refractivity contribution in [3.8, 4) is 0 Å². The summed E-state index contributed by atoms with van der Waals surface area (Å²) < 4.78 is 4.46. The minimum absolute atomic E-state index is 0.0627. The van der Waals surface area contributed by atoms with E-state index in [1.807, 2.05) is 0 Å². The van der Waals surface area contributed by atoms with Crippen LogP contribution >= 0.6 is 11.3 Å². The minimum Gasteiger partial charge on any atom is -0.367 e. The summed E-state index contributed by atoms with van der Waals surface area (Å²) in [6.45, 7) is 3.49. The molecule has 0 aliphatic carbocycles. The highest BCUT2D eigenvalue weighted by atomic mass is 32.1. The van der Waals surface area contributed by atoms with Gasteiger partial charge in [-0.25, -0.2) is 14.6 Å². The number of thiazole rings is 1. The summed E-state index contributed by atoms with van der Waals surface area (Å²) in [6.07, 6.45) is 1.48. The van der Waals surface area contributed by atoms with Gasteiger partial charge in [-0.3, -0.25) is 27.9 Å². The minimum atomic E-state index is -1.24. The molecule has 1 amide bonds. The number of nitrogens with zero attached hydrogens (tertiary/aromatic N) is 5. The van der Waals surface area contributed by atoms with E-state index in [0.29, 0.717) is 5.01 Å². The van der Waals surface area contributed by atoms with Crippen LogP contribution in [0, 0.1) is 0 Å². The lowest BCUT2D eigenvalue weighted by molar-refractivity contribution is -0.120. The van der Waals surface area contributed by atoms with E-state index in [9.17, 15) is 19.2 Å². The fraction of sp³-hybridized carbons (Fsp3) is 0.400. The quantitative estimate of drug-likeness (QED) is 0.643. The Morgan fingerprint density at radius 2 is 1.77 bits per heavy atom. The van der Waals surface area contributed by atoms with E-state index in [2.05, 4.69) is 4.98 Å². The van der Waals surface area contributed by atoms with E-state index in [-0.39, 0.29) is 17.2 Å². The fourth-order valence-electron chi connectivity index (χ4n) is 3.04. The van der Waals surface area contributed by atoms with E-state index < -0.39 is 28.9 Å². The van der Waals surface area contributed by atoms with Crippen molar-refractivity contribution in [2.24, 2.45) is 19.8 Å². The first-order valence-electron chi connectivity index (χ1n) is 7.79. The summed E-state index contributed by atoms with van der Waals surface area (Å²) in [6, 6.07) is -1.59. The van der Waals surface area contributed by atoms with Crippen LogP contribution < -0.4 is 22.7 Å². The number of hydrogen-bond donors (Lipinski definition) is 1. The number of hydrogen-bond acceptors (Lipinski definition) is 6. The summed E-state index contributed by atoms with van der Waals surface area (Å²) in [5.74, 6) is -0.819.